The molecule has 0 amide bonds. The van der Waals surface area contributed by atoms with E-state index < -0.39 is 0 Å². The first-order valence-corrected chi connectivity index (χ1v) is 4.80. The molecule has 0 aliphatic carbocycles. The van der Waals surface area contributed by atoms with Gasteiger partial charge in [-0.3, -0.25) is 0 Å². The summed E-state index contributed by atoms with van der Waals surface area (Å²) in [6, 6.07) is 0. The second-order valence-electron chi connectivity index (χ2n) is 2.29. The van der Waals surface area contributed by atoms with E-state index in [-0.39, 0.29) is 0 Å². The van der Waals surface area contributed by atoms with Crippen LogP contribution in [0.25, 0.3) is 0 Å². The Hall–Kier alpha value is 0.230. The van der Waals surface area contributed by atoms with Crippen molar-refractivity contribution in [1.82, 2.24) is 0 Å². The normalized spacial score (nSPS) is 10.5. The maximum Gasteiger partial charge on any atom is 0.0700 e. The molecule has 0 fully saturated rings. The van der Waals surface area contributed by atoms with Crippen LogP contribution in [0.4, 0.5) is 0 Å². The molecule has 0 radical (unpaired) electrons. The molecule has 0 aromatic heterocycles. The lowest BCUT2D eigenvalue weighted by Gasteiger charge is -2.03. The van der Waals surface area contributed by atoms with Crippen molar-refractivity contribution in [2.75, 3.05) is 45.9 Å². The Morgan fingerprint density at radius 3 is 2.17 bits per heavy atom. The second-order valence-corrected chi connectivity index (χ2v) is 2.74. The van der Waals surface area contributed by atoms with E-state index in [4.69, 9.17) is 14.2 Å². The summed E-state index contributed by atoms with van der Waals surface area (Å²) < 4.78 is 15.3. The predicted molar refractivity (Wildman–Crippen MR) is 52.0 cm³/mol. The molecule has 0 heterocycles. The summed E-state index contributed by atoms with van der Waals surface area (Å²) in [5.41, 5.74) is 0. The lowest BCUT2D eigenvalue weighted by atomic mass is 10.5. The molecular formula is C8H18O3S. The van der Waals surface area contributed by atoms with Crippen LogP contribution in [0.15, 0.2) is 0 Å². The average molecular weight is 194 g/mol. The smallest absolute Gasteiger partial charge is 0.0700 e. The zero-order valence-electron chi connectivity index (χ0n) is 7.62. The molecule has 0 N–H and O–H groups in total. The van der Waals surface area contributed by atoms with Gasteiger partial charge in [0.05, 0.1) is 19.8 Å². The summed E-state index contributed by atoms with van der Waals surface area (Å²) in [5.74, 6) is 0.768. The molecule has 0 spiro atoms. The van der Waals surface area contributed by atoms with E-state index in [9.17, 15) is 0 Å². The van der Waals surface area contributed by atoms with Crippen molar-refractivity contribution in [3.05, 3.63) is 0 Å². The minimum Gasteiger partial charge on any atom is -0.385 e. The zero-order valence-corrected chi connectivity index (χ0v) is 8.52. The molecule has 4 heteroatoms. The maximum absolute atomic E-state index is 5.25. The van der Waals surface area contributed by atoms with E-state index >= 15 is 0 Å². The molecule has 12 heavy (non-hydrogen) atoms. The SMILES string of the molecule is COCCCOCCOCCS. The van der Waals surface area contributed by atoms with Crippen LogP contribution < -0.4 is 0 Å². The first-order valence-electron chi connectivity index (χ1n) is 4.17. The summed E-state index contributed by atoms with van der Waals surface area (Å²) in [5, 5.41) is 0. The van der Waals surface area contributed by atoms with Gasteiger partial charge < -0.3 is 14.2 Å². The number of rotatable bonds is 9. The molecule has 0 aliphatic rings. The van der Waals surface area contributed by atoms with Crippen LogP contribution in [0, 0.1) is 0 Å². The maximum atomic E-state index is 5.25. The molecule has 0 saturated carbocycles. The predicted octanol–water partition coefficient (Wildman–Crippen LogP) is 0.986. The first kappa shape index (κ1) is 12.2. The minimum atomic E-state index is 0.660. The topological polar surface area (TPSA) is 27.7 Å². The van der Waals surface area contributed by atoms with Crippen LogP contribution in [0.5, 0.6) is 0 Å². The fraction of sp³-hybridized carbons (Fsp3) is 1.00. The largest absolute Gasteiger partial charge is 0.385 e. The monoisotopic (exact) mass is 194 g/mol. The number of hydrogen-bond acceptors (Lipinski definition) is 4. The van der Waals surface area contributed by atoms with Gasteiger partial charge in [0.1, 0.15) is 0 Å². The number of thiol groups is 1. The van der Waals surface area contributed by atoms with Crippen molar-refractivity contribution in [3.8, 4) is 0 Å². The molecular weight excluding hydrogens is 176 g/mol. The van der Waals surface area contributed by atoms with Crippen molar-refractivity contribution in [2.45, 2.75) is 6.42 Å². The summed E-state index contributed by atoms with van der Waals surface area (Å²) in [6.07, 6.45) is 0.947. The van der Waals surface area contributed by atoms with Gasteiger partial charge in [0.25, 0.3) is 0 Å². The van der Waals surface area contributed by atoms with Crippen molar-refractivity contribution in [2.24, 2.45) is 0 Å². The first-order chi connectivity index (χ1) is 5.91. The van der Waals surface area contributed by atoms with Gasteiger partial charge in [-0.15, -0.1) is 0 Å². The van der Waals surface area contributed by atoms with E-state index in [0.29, 0.717) is 19.8 Å². The van der Waals surface area contributed by atoms with Gasteiger partial charge in [0, 0.05) is 26.1 Å². The Morgan fingerprint density at radius 1 is 0.917 bits per heavy atom. The van der Waals surface area contributed by atoms with E-state index in [0.717, 1.165) is 25.4 Å². The third kappa shape index (κ3) is 10.2. The molecule has 3 nitrogen and oxygen atoms in total. The Kier molecular flexibility index (Phi) is 11.4. The second kappa shape index (κ2) is 11.2. The molecule has 0 saturated heterocycles. The third-order valence-corrected chi connectivity index (χ3v) is 1.43. The van der Waals surface area contributed by atoms with Crippen LogP contribution >= 0.6 is 12.6 Å². The highest BCUT2D eigenvalue weighted by Gasteiger charge is 1.89. The average Bonchev–Trinajstić information content (AvgIpc) is 2.10. The Morgan fingerprint density at radius 2 is 1.58 bits per heavy atom. The number of hydrogen-bond donors (Lipinski definition) is 1. The quantitative estimate of drug-likeness (QED) is 0.438. The molecule has 0 aromatic carbocycles. The highest BCUT2D eigenvalue weighted by molar-refractivity contribution is 7.80. The van der Waals surface area contributed by atoms with Crippen LogP contribution in [-0.2, 0) is 14.2 Å². The molecule has 0 aromatic rings. The molecule has 0 bridgehead atoms. The fourth-order valence-corrected chi connectivity index (χ4v) is 0.821. The summed E-state index contributed by atoms with van der Waals surface area (Å²) >= 11 is 4.01. The fourth-order valence-electron chi connectivity index (χ4n) is 0.692. The zero-order chi connectivity index (χ0) is 9.07. The van der Waals surface area contributed by atoms with Crippen molar-refractivity contribution >= 4 is 12.6 Å². The number of ether oxygens (including phenoxy) is 3. The standard InChI is InChI=1S/C8H18O3S/c1-9-3-2-4-10-5-6-11-7-8-12/h12H,2-8H2,1H3. The van der Waals surface area contributed by atoms with Gasteiger partial charge in [0.15, 0.2) is 0 Å². The van der Waals surface area contributed by atoms with Crippen LogP contribution in [0.1, 0.15) is 6.42 Å². The van der Waals surface area contributed by atoms with E-state index in [1.807, 2.05) is 0 Å². The van der Waals surface area contributed by atoms with Crippen LogP contribution in [0.2, 0.25) is 0 Å². The lowest BCUT2D eigenvalue weighted by molar-refractivity contribution is 0.0450. The van der Waals surface area contributed by atoms with Gasteiger partial charge in [-0.25, -0.2) is 0 Å². The lowest BCUT2D eigenvalue weighted by Crippen LogP contribution is -2.07. The minimum absolute atomic E-state index is 0.660. The van der Waals surface area contributed by atoms with Crippen LogP contribution in [-0.4, -0.2) is 45.9 Å². The Bertz CT molecular complexity index is 70.7. The summed E-state index contributed by atoms with van der Waals surface area (Å²) in [6.45, 7) is 3.53. The number of methoxy groups -OCH3 is 1. The van der Waals surface area contributed by atoms with Gasteiger partial charge in [-0.05, 0) is 6.42 Å². The highest BCUT2D eigenvalue weighted by atomic mass is 32.1. The Balaban J connectivity index is 2.73. The third-order valence-electron chi connectivity index (χ3n) is 1.24. The van der Waals surface area contributed by atoms with Gasteiger partial charge in [-0.1, -0.05) is 0 Å². The van der Waals surface area contributed by atoms with Gasteiger partial charge >= 0.3 is 0 Å². The van der Waals surface area contributed by atoms with Gasteiger partial charge in [-0.2, -0.15) is 12.6 Å². The molecule has 0 aliphatic heterocycles. The van der Waals surface area contributed by atoms with Crippen molar-refractivity contribution in [3.63, 3.8) is 0 Å². The van der Waals surface area contributed by atoms with Crippen molar-refractivity contribution in [1.29, 1.82) is 0 Å². The highest BCUT2D eigenvalue weighted by Crippen LogP contribution is 1.84. The summed E-state index contributed by atoms with van der Waals surface area (Å²) in [7, 11) is 1.69. The molecule has 74 valence electrons. The molecule has 0 atom stereocenters. The van der Waals surface area contributed by atoms with Crippen LogP contribution in [0.3, 0.4) is 0 Å². The van der Waals surface area contributed by atoms with Crippen molar-refractivity contribution < 1.29 is 14.2 Å². The Labute approximate surface area is 79.8 Å². The summed E-state index contributed by atoms with van der Waals surface area (Å²) in [4.78, 5) is 0. The van der Waals surface area contributed by atoms with E-state index in [1.165, 1.54) is 0 Å². The van der Waals surface area contributed by atoms with Gasteiger partial charge in [0.2, 0.25) is 0 Å². The van der Waals surface area contributed by atoms with E-state index in [1.54, 1.807) is 7.11 Å². The molecule has 0 unspecified atom stereocenters. The molecule has 0 rings (SSSR count). The van der Waals surface area contributed by atoms with E-state index in [2.05, 4.69) is 12.6 Å².